The Morgan fingerprint density at radius 3 is 2.04 bits per heavy atom. The van der Waals surface area contributed by atoms with Crippen LogP contribution in [0.3, 0.4) is 0 Å². The fourth-order valence-electron chi connectivity index (χ4n) is 3.88. The normalized spacial score (nSPS) is 16.7. The molecule has 0 aromatic heterocycles. The fourth-order valence-corrected chi connectivity index (χ4v) is 3.88. The molecule has 0 bridgehead atoms. The van der Waals surface area contributed by atoms with Crippen molar-refractivity contribution in [1.29, 1.82) is 0 Å². The molecule has 0 amide bonds. The van der Waals surface area contributed by atoms with E-state index in [1.54, 1.807) is 0 Å². The van der Waals surface area contributed by atoms with Crippen molar-refractivity contribution in [3.63, 3.8) is 0 Å². The molecule has 26 heavy (non-hydrogen) atoms. The van der Waals surface area contributed by atoms with Gasteiger partial charge in [0.2, 0.25) is 6.34 Å². The molecule has 3 N–H and O–H groups in total. The number of rotatable bonds is 17. The molecule has 0 aliphatic carbocycles. The third-order valence-corrected chi connectivity index (χ3v) is 5.75. The maximum atomic E-state index is 5.84. The second-order valence-electron chi connectivity index (χ2n) is 8.25. The molecular weight excluding hydrogens is 318 g/mol. The Kier molecular flexibility index (Phi) is 13.6. The summed E-state index contributed by atoms with van der Waals surface area (Å²) in [6, 6.07) is 0. The predicted molar refractivity (Wildman–Crippen MR) is 116 cm³/mol. The van der Waals surface area contributed by atoms with Crippen molar-refractivity contribution < 1.29 is 4.58 Å². The maximum absolute atomic E-state index is 5.84. The second-order valence-corrected chi connectivity index (χ2v) is 8.25. The van der Waals surface area contributed by atoms with Crippen LogP contribution < -0.4 is 11.1 Å². The highest BCUT2D eigenvalue weighted by atomic mass is 15.2. The fraction of sp³-hybridized carbons (Fsp3) is 0.870. The average Bonchev–Trinajstić information content (AvgIpc) is 3.18. The largest absolute Gasteiger partial charge is 0.330 e. The molecule has 1 aliphatic rings. The number of hydrogen-bond acceptors (Lipinski definition) is 2. The van der Waals surface area contributed by atoms with Crippen LogP contribution in [0.15, 0.2) is 12.2 Å². The summed E-state index contributed by atoms with van der Waals surface area (Å²) in [5.74, 6) is 0. The van der Waals surface area contributed by atoms with E-state index in [2.05, 4.69) is 42.2 Å². The van der Waals surface area contributed by atoms with Crippen molar-refractivity contribution in [2.45, 2.75) is 109 Å². The van der Waals surface area contributed by atoms with Gasteiger partial charge in [-0.25, -0.2) is 0 Å². The van der Waals surface area contributed by atoms with Gasteiger partial charge in [0.05, 0.1) is 0 Å². The van der Waals surface area contributed by atoms with Crippen LogP contribution in [0.5, 0.6) is 0 Å². The quantitative estimate of drug-likeness (QED) is 0.206. The van der Waals surface area contributed by atoms with Gasteiger partial charge >= 0.3 is 0 Å². The van der Waals surface area contributed by atoms with E-state index in [4.69, 9.17) is 5.73 Å². The molecule has 0 aromatic carbocycles. The maximum Gasteiger partial charge on any atom is 0.232 e. The summed E-state index contributed by atoms with van der Waals surface area (Å²) in [7, 11) is 0. The first-order valence-electron chi connectivity index (χ1n) is 11.4. The number of hydrogen-bond donors (Lipinski definition) is 2. The van der Waals surface area contributed by atoms with Gasteiger partial charge in [0, 0.05) is 6.42 Å². The van der Waals surface area contributed by atoms with Crippen molar-refractivity contribution in [2.75, 3.05) is 19.6 Å². The first-order chi connectivity index (χ1) is 12.7. The van der Waals surface area contributed by atoms with E-state index in [9.17, 15) is 0 Å². The molecule has 1 rings (SSSR count). The topological polar surface area (TPSA) is 41.1 Å². The SMILES string of the molecule is CCCCCCCCCCCCCCC=CC(C)(CCN)[N+]1=CNCC1. The summed E-state index contributed by atoms with van der Waals surface area (Å²) in [5.41, 5.74) is 5.92. The Labute approximate surface area is 163 Å². The van der Waals surface area contributed by atoms with Crippen LogP contribution in [0.4, 0.5) is 0 Å². The molecule has 1 unspecified atom stereocenters. The van der Waals surface area contributed by atoms with Crippen LogP contribution in [-0.2, 0) is 0 Å². The molecule has 152 valence electrons. The van der Waals surface area contributed by atoms with Crippen molar-refractivity contribution in [3.8, 4) is 0 Å². The van der Waals surface area contributed by atoms with Crippen LogP contribution >= 0.6 is 0 Å². The summed E-state index contributed by atoms with van der Waals surface area (Å²) in [6.45, 7) is 7.47. The van der Waals surface area contributed by atoms with Crippen LogP contribution in [0.1, 0.15) is 104 Å². The minimum atomic E-state index is 0.0787. The molecular formula is C23H46N3+. The van der Waals surface area contributed by atoms with Gasteiger partial charge in [-0.2, -0.15) is 0 Å². The van der Waals surface area contributed by atoms with E-state index in [1.165, 1.54) is 83.5 Å². The van der Waals surface area contributed by atoms with E-state index in [0.717, 1.165) is 26.1 Å². The number of nitrogens with one attached hydrogen (secondary N) is 1. The highest BCUT2D eigenvalue weighted by Crippen LogP contribution is 2.18. The first kappa shape index (κ1) is 23.2. The monoisotopic (exact) mass is 364 g/mol. The minimum Gasteiger partial charge on any atom is -0.330 e. The first-order valence-corrected chi connectivity index (χ1v) is 11.4. The van der Waals surface area contributed by atoms with Gasteiger partial charge in [-0.1, -0.05) is 83.6 Å². The third-order valence-electron chi connectivity index (χ3n) is 5.75. The lowest BCUT2D eigenvalue weighted by atomic mass is 9.95. The molecule has 0 saturated heterocycles. The summed E-state index contributed by atoms with van der Waals surface area (Å²) in [4.78, 5) is 0. The Balaban J connectivity index is 1.99. The van der Waals surface area contributed by atoms with Gasteiger partial charge < -0.3 is 5.73 Å². The summed E-state index contributed by atoms with van der Waals surface area (Å²) < 4.78 is 2.40. The Morgan fingerprint density at radius 1 is 0.962 bits per heavy atom. The van der Waals surface area contributed by atoms with Crippen molar-refractivity contribution in [3.05, 3.63) is 12.2 Å². The molecule has 0 fully saturated rings. The van der Waals surface area contributed by atoms with E-state index in [1.807, 2.05) is 0 Å². The van der Waals surface area contributed by atoms with E-state index in [-0.39, 0.29) is 5.54 Å². The zero-order valence-corrected chi connectivity index (χ0v) is 17.8. The zero-order valence-electron chi connectivity index (χ0n) is 17.8. The molecule has 0 spiro atoms. The number of allylic oxidation sites excluding steroid dienone is 1. The van der Waals surface area contributed by atoms with Crippen LogP contribution in [0.25, 0.3) is 0 Å². The van der Waals surface area contributed by atoms with E-state index >= 15 is 0 Å². The molecule has 1 aliphatic heterocycles. The molecule has 1 atom stereocenters. The minimum absolute atomic E-state index is 0.0787. The highest BCUT2D eigenvalue weighted by Gasteiger charge is 2.30. The number of unbranched alkanes of at least 4 members (excludes halogenated alkanes) is 12. The zero-order chi connectivity index (χ0) is 18.9. The van der Waals surface area contributed by atoms with E-state index < -0.39 is 0 Å². The van der Waals surface area contributed by atoms with Crippen molar-refractivity contribution in [1.82, 2.24) is 5.32 Å². The second kappa shape index (κ2) is 15.2. The molecule has 1 heterocycles. The molecule has 3 heteroatoms. The van der Waals surface area contributed by atoms with Crippen molar-refractivity contribution >= 4 is 6.34 Å². The van der Waals surface area contributed by atoms with Crippen LogP contribution in [0.2, 0.25) is 0 Å². The molecule has 0 aromatic rings. The highest BCUT2D eigenvalue weighted by molar-refractivity contribution is 5.49. The van der Waals surface area contributed by atoms with Crippen LogP contribution in [-0.4, -0.2) is 36.1 Å². The van der Waals surface area contributed by atoms with Gasteiger partial charge in [-0.3, -0.25) is 9.89 Å². The lowest BCUT2D eigenvalue weighted by Gasteiger charge is -2.24. The number of nitrogens with zero attached hydrogens (tertiary/aromatic N) is 1. The van der Waals surface area contributed by atoms with E-state index in [0.29, 0.717) is 0 Å². The van der Waals surface area contributed by atoms with Gasteiger partial charge in [0.15, 0.2) is 0 Å². The number of nitrogens with two attached hydrogens (primary N) is 1. The Bertz CT molecular complexity index is 389. The molecule has 0 radical (unpaired) electrons. The van der Waals surface area contributed by atoms with Gasteiger partial charge in [0.1, 0.15) is 18.6 Å². The lowest BCUT2D eigenvalue weighted by molar-refractivity contribution is -0.580. The molecule has 0 saturated carbocycles. The van der Waals surface area contributed by atoms with Gasteiger partial charge in [0.25, 0.3) is 0 Å². The molecule has 3 nitrogen and oxygen atoms in total. The standard InChI is InChI=1S/C23H45N3/c1-3-4-5-6-7-8-9-10-11-12-13-14-15-16-17-23(2,18-19-24)26-21-20-25-22-26/h16-17,22H,3-15,18-21,24H2,1-2H3/p+1. The Hall–Kier alpha value is -0.830. The van der Waals surface area contributed by atoms with Gasteiger partial charge in [-0.15, -0.1) is 0 Å². The van der Waals surface area contributed by atoms with Crippen LogP contribution in [0, 0.1) is 0 Å². The summed E-state index contributed by atoms with van der Waals surface area (Å²) in [5, 5.41) is 3.31. The predicted octanol–water partition coefficient (Wildman–Crippen LogP) is 5.39. The summed E-state index contributed by atoms with van der Waals surface area (Å²) >= 11 is 0. The van der Waals surface area contributed by atoms with Crippen molar-refractivity contribution in [2.24, 2.45) is 5.73 Å². The smallest absolute Gasteiger partial charge is 0.232 e. The third kappa shape index (κ3) is 10.4. The Morgan fingerprint density at radius 2 is 1.54 bits per heavy atom. The van der Waals surface area contributed by atoms with Gasteiger partial charge in [-0.05, 0) is 32.4 Å². The lowest BCUT2D eigenvalue weighted by Crippen LogP contribution is -2.39. The average molecular weight is 365 g/mol. The summed E-state index contributed by atoms with van der Waals surface area (Å²) in [6.07, 6.45) is 26.1.